The Morgan fingerprint density at radius 2 is 1.77 bits per heavy atom. The number of aromatic hydroxyl groups is 2. The molecule has 0 amide bonds. The summed E-state index contributed by atoms with van der Waals surface area (Å²) in [5.74, 6) is 0.744. The number of benzene rings is 1. The number of fused-ring (bicyclic) bond motifs is 1. The van der Waals surface area contributed by atoms with Crippen LogP contribution in [0.2, 0.25) is 0 Å². The molecule has 0 radical (unpaired) electrons. The van der Waals surface area contributed by atoms with Crippen LogP contribution in [0.4, 0.5) is 5.82 Å². The van der Waals surface area contributed by atoms with Gasteiger partial charge in [0.25, 0.3) is 0 Å². The molecule has 0 aliphatic carbocycles. The first kappa shape index (κ1) is 14.2. The highest BCUT2D eigenvalue weighted by Crippen LogP contribution is 2.37. The van der Waals surface area contributed by atoms with Crippen LogP contribution in [0, 0.1) is 0 Å². The second kappa shape index (κ2) is 5.22. The SMILES string of the molecule is CNc1ncnc2c1c(-c1cc(O)cc(O)c1)cn2C(C)C. The summed E-state index contributed by atoms with van der Waals surface area (Å²) in [6.45, 7) is 4.15. The fourth-order valence-corrected chi connectivity index (χ4v) is 2.64. The summed E-state index contributed by atoms with van der Waals surface area (Å²) >= 11 is 0. The van der Waals surface area contributed by atoms with E-state index in [0.717, 1.165) is 16.6 Å². The highest BCUT2D eigenvalue weighted by molar-refractivity contribution is 6.01. The molecular formula is C16H18N4O2. The van der Waals surface area contributed by atoms with Crippen LogP contribution in [-0.4, -0.2) is 31.8 Å². The first-order chi connectivity index (χ1) is 10.5. The first-order valence-corrected chi connectivity index (χ1v) is 7.08. The zero-order chi connectivity index (χ0) is 15.9. The quantitative estimate of drug-likeness (QED) is 0.692. The van der Waals surface area contributed by atoms with Crippen molar-refractivity contribution < 1.29 is 10.2 Å². The highest BCUT2D eigenvalue weighted by atomic mass is 16.3. The Kier molecular flexibility index (Phi) is 3.36. The molecule has 22 heavy (non-hydrogen) atoms. The number of nitrogens with one attached hydrogen (secondary N) is 1. The Hall–Kier alpha value is -2.76. The van der Waals surface area contributed by atoms with Gasteiger partial charge in [-0.05, 0) is 31.5 Å². The number of rotatable bonds is 3. The van der Waals surface area contributed by atoms with E-state index in [9.17, 15) is 10.2 Å². The Bertz CT molecular complexity index is 819. The lowest BCUT2D eigenvalue weighted by Crippen LogP contribution is -2.01. The van der Waals surface area contributed by atoms with Crippen LogP contribution in [0.1, 0.15) is 19.9 Å². The van der Waals surface area contributed by atoms with Gasteiger partial charge in [0.15, 0.2) is 0 Å². The summed E-state index contributed by atoms with van der Waals surface area (Å²) in [5, 5.41) is 23.4. The zero-order valence-electron chi connectivity index (χ0n) is 12.7. The Labute approximate surface area is 128 Å². The van der Waals surface area contributed by atoms with E-state index in [0.29, 0.717) is 11.4 Å². The van der Waals surface area contributed by atoms with Gasteiger partial charge in [-0.2, -0.15) is 0 Å². The van der Waals surface area contributed by atoms with Crippen molar-refractivity contribution in [3.63, 3.8) is 0 Å². The Morgan fingerprint density at radius 1 is 1.09 bits per heavy atom. The van der Waals surface area contributed by atoms with Gasteiger partial charge in [-0.3, -0.25) is 0 Å². The Balaban J connectivity index is 2.37. The van der Waals surface area contributed by atoms with Crippen molar-refractivity contribution in [1.29, 1.82) is 0 Å². The average Bonchev–Trinajstić information content (AvgIpc) is 2.86. The van der Waals surface area contributed by atoms with Gasteiger partial charge in [-0.15, -0.1) is 0 Å². The van der Waals surface area contributed by atoms with E-state index in [1.807, 2.05) is 10.8 Å². The fourth-order valence-electron chi connectivity index (χ4n) is 2.64. The largest absolute Gasteiger partial charge is 0.508 e. The second-order valence-electron chi connectivity index (χ2n) is 5.45. The zero-order valence-corrected chi connectivity index (χ0v) is 12.7. The minimum absolute atomic E-state index is 0.0169. The highest BCUT2D eigenvalue weighted by Gasteiger charge is 2.17. The number of nitrogens with zero attached hydrogens (tertiary/aromatic N) is 3. The van der Waals surface area contributed by atoms with Crippen molar-refractivity contribution in [2.75, 3.05) is 12.4 Å². The third-order valence-electron chi connectivity index (χ3n) is 3.62. The predicted octanol–water partition coefficient (Wildman–Crippen LogP) is 3.13. The molecule has 0 aliphatic heterocycles. The van der Waals surface area contributed by atoms with Gasteiger partial charge in [0, 0.05) is 30.9 Å². The van der Waals surface area contributed by atoms with Crippen LogP contribution in [0.15, 0.2) is 30.7 Å². The number of phenols is 2. The van der Waals surface area contributed by atoms with E-state index in [1.165, 1.54) is 12.4 Å². The van der Waals surface area contributed by atoms with Crippen LogP contribution in [0.25, 0.3) is 22.2 Å². The molecule has 0 saturated heterocycles. The smallest absolute Gasteiger partial charge is 0.146 e. The molecule has 0 fully saturated rings. The van der Waals surface area contributed by atoms with Crippen molar-refractivity contribution in [3.05, 3.63) is 30.7 Å². The second-order valence-corrected chi connectivity index (χ2v) is 5.45. The first-order valence-electron chi connectivity index (χ1n) is 7.08. The molecule has 6 heteroatoms. The third-order valence-corrected chi connectivity index (χ3v) is 3.62. The molecule has 0 bridgehead atoms. The molecule has 0 atom stereocenters. The normalized spacial score (nSPS) is 11.3. The fraction of sp³-hybridized carbons (Fsp3) is 0.250. The van der Waals surface area contributed by atoms with Crippen molar-refractivity contribution in [2.24, 2.45) is 0 Å². The van der Waals surface area contributed by atoms with Crippen LogP contribution in [0.5, 0.6) is 11.5 Å². The van der Waals surface area contributed by atoms with Gasteiger partial charge in [0.2, 0.25) is 0 Å². The lowest BCUT2D eigenvalue weighted by atomic mass is 10.1. The van der Waals surface area contributed by atoms with Gasteiger partial charge in [-0.1, -0.05) is 0 Å². The van der Waals surface area contributed by atoms with Crippen LogP contribution >= 0.6 is 0 Å². The van der Waals surface area contributed by atoms with E-state index in [1.54, 1.807) is 19.2 Å². The lowest BCUT2D eigenvalue weighted by Gasteiger charge is -2.08. The molecule has 1 aromatic carbocycles. The molecule has 2 aromatic heterocycles. The van der Waals surface area contributed by atoms with Gasteiger partial charge in [0.05, 0.1) is 5.39 Å². The van der Waals surface area contributed by atoms with Crippen LogP contribution in [-0.2, 0) is 0 Å². The summed E-state index contributed by atoms with van der Waals surface area (Å²) in [6.07, 6.45) is 3.50. The van der Waals surface area contributed by atoms with E-state index in [4.69, 9.17) is 0 Å². The number of phenolic OH excluding ortho intramolecular Hbond substituents is 2. The molecule has 3 N–H and O–H groups in total. The monoisotopic (exact) mass is 298 g/mol. The minimum atomic E-state index is 0.0169. The van der Waals surface area contributed by atoms with Gasteiger partial charge in [-0.25, -0.2) is 9.97 Å². The summed E-state index contributed by atoms with van der Waals surface area (Å²) in [6, 6.07) is 4.76. The molecule has 0 unspecified atom stereocenters. The minimum Gasteiger partial charge on any atom is -0.508 e. The topological polar surface area (TPSA) is 83.2 Å². The third kappa shape index (κ3) is 2.22. The van der Waals surface area contributed by atoms with Gasteiger partial charge < -0.3 is 20.1 Å². The van der Waals surface area contributed by atoms with Gasteiger partial charge >= 0.3 is 0 Å². The summed E-state index contributed by atoms with van der Waals surface area (Å²) in [7, 11) is 1.80. The van der Waals surface area contributed by atoms with Crippen molar-refractivity contribution >= 4 is 16.9 Å². The predicted molar refractivity (Wildman–Crippen MR) is 86.2 cm³/mol. The van der Waals surface area contributed by atoms with E-state index < -0.39 is 0 Å². The molecule has 0 spiro atoms. The number of hydrogen-bond acceptors (Lipinski definition) is 5. The van der Waals surface area contributed by atoms with E-state index in [-0.39, 0.29) is 17.5 Å². The van der Waals surface area contributed by atoms with Crippen molar-refractivity contribution in [1.82, 2.24) is 14.5 Å². The van der Waals surface area contributed by atoms with Crippen molar-refractivity contribution in [2.45, 2.75) is 19.9 Å². The van der Waals surface area contributed by atoms with E-state index >= 15 is 0 Å². The van der Waals surface area contributed by atoms with Crippen molar-refractivity contribution in [3.8, 4) is 22.6 Å². The Morgan fingerprint density at radius 3 is 2.36 bits per heavy atom. The molecule has 0 aliphatic rings. The number of anilines is 1. The van der Waals surface area contributed by atoms with Crippen LogP contribution < -0.4 is 5.32 Å². The average molecular weight is 298 g/mol. The molecule has 2 heterocycles. The molecule has 114 valence electrons. The maximum absolute atomic E-state index is 9.76. The van der Waals surface area contributed by atoms with Crippen LogP contribution in [0.3, 0.4) is 0 Å². The molecular weight excluding hydrogens is 280 g/mol. The standard InChI is InChI=1S/C16H18N4O2/c1-9(2)20-7-13(10-4-11(21)6-12(22)5-10)14-15(17-3)18-8-19-16(14)20/h4-9,21-22H,1-3H3,(H,17,18,19). The number of hydrogen-bond donors (Lipinski definition) is 3. The molecule has 6 nitrogen and oxygen atoms in total. The molecule has 3 rings (SSSR count). The number of aromatic nitrogens is 3. The van der Waals surface area contributed by atoms with Gasteiger partial charge in [0.1, 0.15) is 29.3 Å². The summed E-state index contributed by atoms with van der Waals surface area (Å²) in [4.78, 5) is 8.66. The molecule has 3 aromatic rings. The molecule has 0 saturated carbocycles. The maximum atomic E-state index is 9.76. The summed E-state index contributed by atoms with van der Waals surface area (Å²) in [5.41, 5.74) is 2.39. The lowest BCUT2D eigenvalue weighted by molar-refractivity contribution is 0.451. The van der Waals surface area contributed by atoms with E-state index in [2.05, 4.69) is 29.1 Å². The maximum Gasteiger partial charge on any atom is 0.146 e. The summed E-state index contributed by atoms with van der Waals surface area (Å²) < 4.78 is 2.05.